The minimum atomic E-state index is -0.425. The normalized spacial score (nSPS) is 11.6. The van der Waals surface area contributed by atoms with E-state index in [9.17, 15) is 9.18 Å². The number of nitrogens with one attached hydrogen (secondary N) is 2. The molecule has 0 spiro atoms. The highest BCUT2D eigenvalue weighted by Crippen LogP contribution is 2.28. The number of allylic oxidation sites excluding steroid dienone is 2. The quantitative estimate of drug-likeness (QED) is 0.289. The Balaban J connectivity index is 1.52. The zero-order valence-corrected chi connectivity index (χ0v) is 21.7. The Morgan fingerprint density at radius 1 is 1.14 bits per heavy atom. The van der Waals surface area contributed by atoms with Crippen molar-refractivity contribution in [3.63, 3.8) is 0 Å². The summed E-state index contributed by atoms with van der Waals surface area (Å²) in [7, 11) is 3.65. The van der Waals surface area contributed by atoms with Gasteiger partial charge >= 0.3 is 6.03 Å². The summed E-state index contributed by atoms with van der Waals surface area (Å²) in [6, 6.07) is 12.1. The Morgan fingerprint density at radius 2 is 1.86 bits per heavy atom. The molecule has 2 aromatic heterocycles. The van der Waals surface area contributed by atoms with E-state index in [2.05, 4.69) is 27.3 Å². The van der Waals surface area contributed by atoms with Crippen molar-refractivity contribution in [2.45, 2.75) is 20.8 Å². The molecule has 2 N–H and O–H groups in total. The number of hydrogen-bond acceptors (Lipinski definition) is 4. The van der Waals surface area contributed by atoms with Crippen LogP contribution in [0.4, 0.5) is 20.6 Å². The molecule has 0 saturated heterocycles. The first kappa shape index (κ1) is 25.6. The molecule has 0 bridgehead atoms. The smallest absolute Gasteiger partial charge is 0.324 e. The Kier molecular flexibility index (Phi) is 7.38. The molecule has 4 rings (SSSR count). The number of aromatic nitrogens is 3. The minimum Gasteiger partial charge on any atom is -0.331 e. The maximum atomic E-state index is 14.2. The second kappa shape index (κ2) is 10.7. The van der Waals surface area contributed by atoms with Gasteiger partial charge in [0.25, 0.3) is 0 Å². The molecule has 0 aliphatic rings. The molecule has 190 valence electrons. The van der Waals surface area contributed by atoms with E-state index in [0.717, 1.165) is 27.6 Å². The Labute approximate surface area is 216 Å². The van der Waals surface area contributed by atoms with E-state index in [1.807, 2.05) is 57.6 Å². The van der Waals surface area contributed by atoms with Crippen LogP contribution in [0.5, 0.6) is 0 Å². The average Bonchev–Trinajstić information content (AvgIpc) is 3.26. The van der Waals surface area contributed by atoms with Gasteiger partial charge in [0.2, 0.25) is 0 Å². The van der Waals surface area contributed by atoms with Gasteiger partial charge in [0.05, 0.1) is 17.9 Å². The Hall–Kier alpha value is -4.46. The van der Waals surface area contributed by atoms with Crippen molar-refractivity contribution in [1.82, 2.24) is 20.1 Å². The SMILES string of the molecule is C=C(/C=C(/NC(=O)Nc1ccc(-c2cncc3c2cnn3C)cc1)N(C)c1ccc(C)c(F)c1)C(C)C. The van der Waals surface area contributed by atoms with Gasteiger partial charge in [-0.1, -0.05) is 38.6 Å². The number of halogens is 1. The Bertz CT molecular complexity index is 1490. The van der Waals surface area contributed by atoms with Crippen LogP contribution in [0.15, 0.2) is 85.1 Å². The predicted octanol–water partition coefficient (Wildman–Crippen LogP) is 6.39. The number of rotatable bonds is 7. The van der Waals surface area contributed by atoms with Crippen molar-refractivity contribution in [1.29, 1.82) is 0 Å². The van der Waals surface area contributed by atoms with Crippen LogP contribution in [0.25, 0.3) is 22.0 Å². The zero-order valence-electron chi connectivity index (χ0n) is 21.7. The van der Waals surface area contributed by atoms with Crippen molar-refractivity contribution < 1.29 is 9.18 Å². The molecule has 0 atom stereocenters. The van der Waals surface area contributed by atoms with E-state index in [1.54, 1.807) is 48.0 Å². The second-order valence-electron chi connectivity index (χ2n) is 9.30. The highest BCUT2D eigenvalue weighted by molar-refractivity contribution is 5.95. The predicted molar refractivity (Wildman–Crippen MR) is 148 cm³/mol. The lowest BCUT2D eigenvalue weighted by Gasteiger charge is -2.25. The highest BCUT2D eigenvalue weighted by atomic mass is 19.1. The van der Waals surface area contributed by atoms with Crippen LogP contribution in [0.2, 0.25) is 0 Å². The van der Waals surface area contributed by atoms with Crippen LogP contribution in [-0.4, -0.2) is 27.8 Å². The van der Waals surface area contributed by atoms with Crippen molar-refractivity contribution >= 4 is 28.3 Å². The molecule has 2 heterocycles. The number of pyridine rings is 1. The minimum absolute atomic E-state index is 0.175. The summed E-state index contributed by atoms with van der Waals surface area (Å²) < 4.78 is 16.0. The van der Waals surface area contributed by atoms with Gasteiger partial charge in [0, 0.05) is 42.6 Å². The number of aryl methyl sites for hydroxylation is 2. The lowest BCUT2D eigenvalue weighted by atomic mass is 10.0. The van der Waals surface area contributed by atoms with Gasteiger partial charge in [0.1, 0.15) is 11.6 Å². The Morgan fingerprint density at radius 3 is 2.54 bits per heavy atom. The van der Waals surface area contributed by atoms with E-state index in [0.29, 0.717) is 22.8 Å². The number of carbonyl (C=O) groups excluding carboxylic acids is 1. The van der Waals surface area contributed by atoms with E-state index in [4.69, 9.17) is 0 Å². The summed E-state index contributed by atoms with van der Waals surface area (Å²) in [6.07, 6.45) is 7.21. The number of nitrogens with zero attached hydrogens (tertiary/aromatic N) is 4. The molecule has 2 aromatic carbocycles. The van der Waals surface area contributed by atoms with Crippen molar-refractivity contribution in [3.05, 3.63) is 96.5 Å². The van der Waals surface area contributed by atoms with Gasteiger partial charge in [-0.2, -0.15) is 5.10 Å². The molecule has 4 aromatic rings. The van der Waals surface area contributed by atoms with Gasteiger partial charge in [-0.25, -0.2) is 9.18 Å². The van der Waals surface area contributed by atoms with Gasteiger partial charge in [-0.05, 0) is 59.9 Å². The maximum absolute atomic E-state index is 14.2. The van der Waals surface area contributed by atoms with Crippen molar-refractivity contribution in [3.8, 4) is 11.1 Å². The van der Waals surface area contributed by atoms with Gasteiger partial charge in [-0.3, -0.25) is 15.0 Å². The highest BCUT2D eigenvalue weighted by Gasteiger charge is 2.14. The third-order valence-electron chi connectivity index (χ3n) is 6.34. The van der Waals surface area contributed by atoms with E-state index < -0.39 is 6.03 Å². The van der Waals surface area contributed by atoms with Crippen molar-refractivity contribution in [2.75, 3.05) is 17.3 Å². The molecular formula is C29H31FN6O. The third-order valence-corrected chi connectivity index (χ3v) is 6.34. The van der Waals surface area contributed by atoms with Crippen LogP contribution in [0.3, 0.4) is 0 Å². The van der Waals surface area contributed by atoms with E-state index in [-0.39, 0.29) is 11.7 Å². The van der Waals surface area contributed by atoms with Gasteiger partial charge < -0.3 is 10.2 Å². The van der Waals surface area contributed by atoms with Crippen LogP contribution in [-0.2, 0) is 7.05 Å². The summed E-state index contributed by atoms with van der Waals surface area (Å²) in [5, 5.41) is 11.1. The molecule has 2 amide bonds. The number of hydrogen-bond donors (Lipinski definition) is 2. The fourth-order valence-corrected chi connectivity index (χ4v) is 3.79. The summed E-state index contributed by atoms with van der Waals surface area (Å²) in [5.74, 6) is 0.341. The maximum Gasteiger partial charge on any atom is 0.324 e. The number of fused-ring (bicyclic) bond motifs is 1. The first-order valence-electron chi connectivity index (χ1n) is 12.0. The zero-order chi connectivity index (χ0) is 26.7. The fourth-order valence-electron chi connectivity index (χ4n) is 3.79. The van der Waals surface area contributed by atoms with Crippen LogP contribution < -0.4 is 15.5 Å². The molecule has 0 unspecified atom stereocenters. The topological polar surface area (TPSA) is 75.1 Å². The summed E-state index contributed by atoms with van der Waals surface area (Å²) in [4.78, 5) is 19.0. The van der Waals surface area contributed by atoms with E-state index in [1.165, 1.54) is 6.07 Å². The molecule has 0 aliphatic carbocycles. The van der Waals surface area contributed by atoms with Gasteiger partial charge in [-0.15, -0.1) is 0 Å². The number of urea groups is 1. The second-order valence-corrected chi connectivity index (χ2v) is 9.30. The monoisotopic (exact) mass is 498 g/mol. The average molecular weight is 499 g/mol. The number of anilines is 2. The lowest BCUT2D eigenvalue weighted by Crippen LogP contribution is -2.36. The molecule has 0 aliphatic heterocycles. The molecule has 37 heavy (non-hydrogen) atoms. The lowest BCUT2D eigenvalue weighted by molar-refractivity contribution is 0.254. The fraction of sp³-hybridized carbons (Fsp3) is 0.207. The van der Waals surface area contributed by atoms with Crippen LogP contribution >= 0.6 is 0 Å². The molecule has 0 saturated carbocycles. The summed E-state index contributed by atoms with van der Waals surface area (Å²) in [5.41, 5.74) is 5.49. The largest absolute Gasteiger partial charge is 0.331 e. The number of amides is 2. The number of benzene rings is 2. The number of carbonyl (C=O) groups is 1. The molecular weight excluding hydrogens is 467 g/mol. The summed E-state index contributed by atoms with van der Waals surface area (Å²) >= 11 is 0. The van der Waals surface area contributed by atoms with E-state index >= 15 is 0 Å². The van der Waals surface area contributed by atoms with Crippen LogP contribution in [0, 0.1) is 18.7 Å². The standard InChI is InChI=1S/C29H31FN6O/c1-18(2)20(4)13-28(35(5)23-12-7-19(3)26(30)14-23)34-29(37)33-22-10-8-21(9-11-22)24-15-31-17-27-25(24)16-32-36(27)6/h7-18H,4H2,1-3,5-6H3,(H2,33,34,37)/b28-13-. The third kappa shape index (κ3) is 5.69. The van der Waals surface area contributed by atoms with Gasteiger partial charge in [0.15, 0.2) is 0 Å². The molecule has 8 heteroatoms. The first-order chi connectivity index (χ1) is 17.6. The van der Waals surface area contributed by atoms with Crippen LogP contribution in [0.1, 0.15) is 19.4 Å². The first-order valence-corrected chi connectivity index (χ1v) is 12.0. The van der Waals surface area contributed by atoms with Crippen molar-refractivity contribution in [2.24, 2.45) is 13.0 Å². The molecule has 0 radical (unpaired) electrons. The summed E-state index contributed by atoms with van der Waals surface area (Å²) in [6.45, 7) is 9.84. The molecule has 7 nitrogen and oxygen atoms in total. The molecule has 0 fully saturated rings.